The topological polar surface area (TPSA) is 146 Å². The Labute approximate surface area is 186 Å². The highest BCUT2D eigenvalue weighted by atomic mass is 16.6. The van der Waals surface area contributed by atoms with Crippen LogP contribution in [-0.2, 0) is 27.5 Å². The predicted molar refractivity (Wildman–Crippen MR) is 119 cm³/mol. The Kier molecular flexibility index (Phi) is 9.22. The first kappa shape index (κ1) is 24.4. The summed E-state index contributed by atoms with van der Waals surface area (Å²) < 4.78 is 5.37. The first-order valence-electron chi connectivity index (χ1n) is 10.2. The minimum Gasteiger partial charge on any atom is -0.481 e. The number of amidine groups is 1. The number of carboxylic acids is 1. The van der Waals surface area contributed by atoms with E-state index in [4.69, 9.17) is 25.8 Å². The van der Waals surface area contributed by atoms with E-state index in [1.165, 1.54) is 4.90 Å². The van der Waals surface area contributed by atoms with E-state index in [9.17, 15) is 9.59 Å². The first-order chi connectivity index (χ1) is 15.3. The van der Waals surface area contributed by atoms with Gasteiger partial charge in [-0.2, -0.15) is 0 Å². The highest BCUT2D eigenvalue weighted by Gasteiger charge is 2.34. The smallest absolute Gasteiger partial charge is 0.410 e. The van der Waals surface area contributed by atoms with Crippen molar-refractivity contribution < 1.29 is 24.2 Å². The maximum atomic E-state index is 12.6. The molecule has 0 spiro atoms. The van der Waals surface area contributed by atoms with Gasteiger partial charge in [-0.05, 0) is 24.0 Å². The molecule has 2 amide bonds. The summed E-state index contributed by atoms with van der Waals surface area (Å²) in [5, 5.41) is 17.7. The Morgan fingerprint density at radius 3 is 2.34 bits per heavy atom. The van der Waals surface area contributed by atoms with Crippen LogP contribution in [-0.4, -0.2) is 46.4 Å². The highest BCUT2D eigenvalue weighted by molar-refractivity contribution is 5.94. The number of benzene rings is 2. The zero-order chi connectivity index (χ0) is 23.5. The van der Waals surface area contributed by atoms with Gasteiger partial charge < -0.3 is 20.9 Å². The van der Waals surface area contributed by atoms with Crippen molar-refractivity contribution >= 4 is 23.8 Å². The number of likely N-dealkylation sites (tertiary alicyclic amines) is 1. The molecule has 0 radical (unpaired) electrons. The lowest BCUT2D eigenvalue weighted by molar-refractivity contribution is -0.134. The van der Waals surface area contributed by atoms with Crippen molar-refractivity contribution in [2.24, 2.45) is 5.73 Å². The van der Waals surface area contributed by atoms with Gasteiger partial charge in [-0.1, -0.05) is 54.6 Å². The molecule has 170 valence electrons. The van der Waals surface area contributed by atoms with Gasteiger partial charge in [0.25, 0.3) is 5.97 Å². The number of rotatable bonds is 6. The molecule has 1 aliphatic rings. The summed E-state index contributed by atoms with van der Waals surface area (Å²) in [6.45, 7) is 2.13. The highest BCUT2D eigenvalue weighted by Crippen LogP contribution is 2.19. The van der Waals surface area contributed by atoms with Crippen LogP contribution in [0.2, 0.25) is 0 Å². The number of carbonyl (C=O) groups is 3. The molecule has 1 heterocycles. The van der Waals surface area contributed by atoms with Gasteiger partial charge in [0, 0.05) is 25.6 Å². The molecule has 0 unspecified atom stereocenters. The van der Waals surface area contributed by atoms with Crippen LogP contribution < -0.4 is 11.1 Å². The number of ether oxygens (including phenoxy) is 1. The molecule has 0 aromatic heterocycles. The fraction of sp³-hybridized carbons (Fsp3) is 0.304. The number of carboxylic acid groups (broad SMARTS) is 1. The molecule has 0 saturated carbocycles. The van der Waals surface area contributed by atoms with Gasteiger partial charge in [0.2, 0.25) is 5.91 Å². The van der Waals surface area contributed by atoms with Crippen LogP contribution in [0.1, 0.15) is 36.5 Å². The van der Waals surface area contributed by atoms with E-state index < -0.39 is 18.1 Å². The molecule has 0 bridgehead atoms. The average Bonchev–Trinajstić information content (AvgIpc) is 3.26. The zero-order valence-corrected chi connectivity index (χ0v) is 17.9. The van der Waals surface area contributed by atoms with Crippen LogP contribution in [0.15, 0.2) is 54.6 Å². The summed E-state index contributed by atoms with van der Waals surface area (Å²) in [6, 6.07) is 16.1. The van der Waals surface area contributed by atoms with E-state index in [1.54, 1.807) is 12.1 Å². The number of hydrogen-bond donors (Lipinski definition) is 4. The van der Waals surface area contributed by atoms with Gasteiger partial charge in [-0.3, -0.25) is 19.9 Å². The Morgan fingerprint density at radius 2 is 1.75 bits per heavy atom. The molecule has 9 nitrogen and oxygen atoms in total. The minimum absolute atomic E-state index is 0.00574. The van der Waals surface area contributed by atoms with E-state index in [1.807, 2.05) is 42.5 Å². The summed E-state index contributed by atoms with van der Waals surface area (Å²) in [5.41, 5.74) is 7.88. The third-order valence-electron chi connectivity index (χ3n) is 4.73. The maximum Gasteiger partial charge on any atom is 0.410 e. The number of nitrogens with two attached hydrogens (primary N) is 1. The normalized spacial score (nSPS) is 14.7. The third-order valence-corrected chi connectivity index (χ3v) is 4.73. The molecule has 9 heteroatoms. The number of nitrogen functional groups attached to an aromatic ring is 1. The monoisotopic (exact) mass is 440 g/mol. The fourth-order valence-corrected chi connectivity index (χ4v) is 3.17. The quantitative estimate of drug-likeness (QED) is 0.401. The van der Waals surface area contributed by atoms with Crippen LogP contribution in [0, 0.1) is 5.41 Å². The lowest BCUT2D eigenvalue weighted by Gasteiger charge is -2.23. The zero-order valence-electron chi connectivity index (χ0n) is 17.9. The van der Waals surface area contributed by atoms with Crippen LogP contribution in [0.25, 0.3) is 0 Å². The molecular weight excluding hydrogens is 412 g/mol. The standard InChI is InChI=1S/C21H24N4O3.C2H4O2/c22-19(23)17-10-8-15(9-11-17)13-24-20(26)18-7-4-12-25(18)21(27)28-14-16-5-2-1-3-6-16;1-2(3)4/h1-3,5-6,8-11,18H,4,7,12-14H2,(H3,22,23)(H,24,26);1H3,(H,3,4)/t18-;/m0./s1. The van der Waals surface area contributed by atoms with Gasteiger partial charge in [-0.25, -0.2) is 4.79 Å². The largest absolute Gasteiger partial charge is 0.481 e. The van der Waals surface area contributed by atoms with E-state index in [-0.39, 0.29) is 18.3 Å². The summed E-state index contributed by atoms with van der Waals surface area (Å²) in [7, 11) is 0. The van der Waals surface area contributed by atoms with Crippen molar-refractivity contribution in [2.75, 3.05) is 6.54 Å². The number of hydrogen-bond acceptors (Lipinski definition) is 5. The number of carbonyl (C=O) groups excluding carboxylic acids is 2. The molecule has 1 fully saturated rings. The Balaban J connectivity index is 0.000000837. The van der Waals surface area contributed by atoms with E-state index in [0.29, 0.717) is 25.1 Å². The third kappa shape index (κ3) is 7.75. The van der Waals surface area contributed by atoms with Crippen molar-refractivity contribution in [3.63, 3.8) is 0 Å². The van der Waals surface area contributed by atoms with Crippen molar-refractivity contribution in [1.82, 2.24) is 10.2 Å². The van der Waals surface area contributed by atoms with E-state index in [2.05, 4.69) is 5.32 Å². The van der Waals surface area contributed by atoms with Crippen LogP contribution in [0.3, 0.4) is 0 Å². The fourth-order valence-electron chi connectivity index (χ4n) is 3.17. The maximum absolute atomic E-state index is 12.6. The summed E-state index contributed by atoms with van der Waals surface area (Å²) in [6.07, 6.45) is 0.925. The predicted octanol–water partition coefficient (Wildman–Crippen LogP) is 2.48. The number of nitrogens with zero attached hydrogens (tertiary/aromatic N) is 1. The summed E-state index contributed by atoms with van der Waals surface area (Å²) in [4.78, 5) is 35.5. The second-order valence-corrected chi connectivity index (χ2v) is 7.24. The Morgan fingerprint density at radius 1 is 1.12 bits per heavy atom. The van der Waals surface area contributed by atoms with E-state index >= 15 is 0 Å². The Bertz CT molecular complexity index is 927. The Hall–Kier alpha value is -3.88. The minimum atomic E-state index is -0.833. The lowest BCUT2D eigenvalue weighted by atomic mass is 10.1. The second kappa shape index (κ2) is 12.1. The molecule has 2 aromatic carbocycles. The lowest BCUT2D eigenvalue weighted by Crippen LogP contribution is -2.45. The molecule has 0 aliphatic carbocycles. The van der Waals surface area contributed by atoms with E-state index in [0.717, 1.165) is 24.5 Å². The van der Waals surface area contributed by atoms with Crippen molar-refractivity contribution in [3.8, 4) is 0 Å². The van der Waals surface area contributed by atoms with Crippen molar-refractivity contribution in [3.05, 3.63) is 71.3 Å². The number of aliphatic carboxylic acids is 1. The van der Waals surface area contributed by atoms with Crippen molar-refractivity contribution in [2.45, 2.75) is 39.0 Å². The SMILES string of the molecule is CC(=O)O.N=C(N)c1ccc(CNC(=O)[C@@H]2CCCN2C(=O)OCc2ccccc2)cc1. The molecule has 3 rings (SSSR count). The molecule has 1 saturated heterocycles. The van der Waals surface area contributed by atoms with Crippen molar-refractivity contribution in [1.29, 1.82) is 5.41 Å². The molecule has 32 heavy (non-hydrogen) atoms. The van der Waals surface area contributed by atoms with Crippen LogP contribution >= 0.6 is 0 Å². The molecule has 2 aromatic rings. The first-order valence-corrected chi connectivity index (χ1v) is 10.2. The van der Waals surface area contributed by atoms with Gasteiger partial charge in [0.05, 0.1) is 0 Å². The summed E-state index contributed by atoms with van der Waals surface area (Å²) >= 11 is 0. The average molecular weight is 441 g/mol. The van der Waals surface area contributed by atoms with Gasteiger partial charge >= 0.3 is 6.09 Å². The van der Waals surface area contributed by atoms with Crippen LogP contribution in [0.4, 0.5) is 4.79 Å². The van der Waals surface area contributed by atoms with Gasteiger partial charge in [-0.15, -0.1) is 0 Å². The number of nitrogens with one attached hydrogen (secondary N) is 2. The number of amides is 2. The summed E-state index contributed by atoms with van der Waals surface area (Å²) in [5.74, 6) is -1.02. The molecular formula is C23H28N4O5. The van der Waals surface area contributed by atoms with Gasteiger partial charge in [0.1, 0.15) is 18.5 Å². The molecule has 5 N–H and O–H groups in total. The van der Waals surface area contributed by atoms with Crippen LogP contribution in [0.5, 0.6) is 0 Å². The second-order valence-electron chi connectivity index (χ2n) is 7.24. The van der Waals surface area contributed by atoms with Gasteiger partial charge in [0.15, 0.2) is 0 Å². The molecule has 1 atom stereocenters. The molecule has 1 aliphatic heterocycles.